The molecule has 502 valence electrons. The minimum Gasteiger partial charge on any atom is -0.507 e. The molecule has 4 aromatic heterocycles. The Morgan fingerprint density at radius 3 is 1.48 bits per heavy atom. The largest absolute Gasteiger partial charge is 0.507 e. The van der Waals surface area contributed by atoms with Gasteiger partial charge in [-0.1, -0.05) is 99.3 Å². The van der Waals surface area contributed by atoms with Crippen LogP contribution < -0.4 is 9.80 Å². The van der Waals surface area contributed by atoms with Gasteiger partial charge in [-0.3, -0.25) is 0 Å². The lowest BCUT2D eigenvalue weighted by Crippen LogP contribution is -2.57. The number of phenols is 2. The van der Waals surface area contributed by atoms with Crippen molar-refractivity contribution in [3.63, 3.8) is 0 Å². The Hall–Kier alpha value is -9.21. The topological polar surface area (TPSA) is 207 Å². The van der Waals surface area contributed by atoms with Crippen LogP contribution in [0, 0.1) is 34.5 Å². The second kappa shape index (κ2) is 30.5. The summed E-state index contributed by atoms with van der Waals surface area (Å²) in [6, 6.07) is 37.4. The summed E-state index contributed by atoms with van der Waals surface area (Å²) in [5.41, 5.74) is 0.946. The first-order chi connectivity index (χ1) is 45.1. The number of fused-ring (bicyclic) bond motifs is 4. The summed E-state index contributed by atoms with van der Waals surface area (Å²) in [7, 11) is -3.45. The molecule has 0 unspecified atom stereocenters. The van der Waals surface area contributed by atoms with Crippen LogP contribution in [0.4, 0.5) is 37.7 Å². The Bertz CT molecular complexity index is 4440. The molecule has 4 heterocycles. The van der Waals surface area contributed by atoms with Gasteiger partial charge in [0.05, 0.1) is 21.3 Å². The number of allylic oxidation sites excluding steroid dienone is 2. The minimum absolute atomic E-state index is 0.0344. The number of unbranched alkanes of at least 4 members (excludes halogenated alkanes) is 4. The quantitative estimate of drug-likeness (QED) is 0.0451. The number of oxazole rings is 2. The van der Waals surface area contributed by atoms with Crippen LogP contribution in [-0.4, -0.2) is 72.4 Å². The molecule has 0 aliphatic rings. The molecule has 0 aliphatic carbocycles. The summed E-state index contributed by atoms with van der Waals surface area (Å²) in [6.45, 7) is 21.7. The number of aromatic hydroxyl groups is 2. The molecule has 0 bridgehead atoms. The Kier molecular flexibility index (Phi) is 23.0. The first-order valence-corrected chi connectivity index (χ1v) is 33.6. The fourth-order valence-electron chi connectivity index (χ4n) is 11.3. The first-order valence-electron chi connectivity index (χ1n) is 32.1. The number of alkyl halides is 6. The van der Waals surface area contributed by atoms with Crippen molar-refractivity contribution >= 4 is 65.3 Å². The lowest BCUT2D eigenvalue weighted by atomic mass is 9.70. The third-order valence-corrected chi connectivity index (χ3v) is 18.7. The Morgan fingerprint density at radius 2 is 1.03 bits per heavy atom. The maximum absolute atomic E-state index is 14.1. The first kappa shape index (κ1) is 71.6. The predicted octanol–water partition coefficient (Wildman–Crippen LogP) is 20.9. The Balaban J connectivity index is 0.000000217. The van der Waals surface area contributed by atoms with E-state index >= 15 is 0 Å². The SMILES string of the molecule is CC(C)C=C(C#N)C#N.CCCCN(CCCC)c1ccc(-c2cc3cc(-c4nc5cc(S(=O)(=O)C(C)C)ccc5o4)c(O)cc3o2)cc1.CCCCN(CCCC)c1ccc(-c2cc3ccc(-c4nc5cc(C(C(C)C)(C(F)(F)F)C(F)(F)F)ccc5o4)c(O)c3o2)cc1. The maximum Gasteiger partial charge on any atom is 0.407 e. The second-order valence-electron chi connectivity index (χ2n) is 24.4. The highest BCUT2D eigenvalue weighted by atomic mass is 32.2. The van der Waals surface area contributed by atoms with Gasteiger partial charge in [0, 0.05) is 65.5 Å². The van der Waals surface area contributed by atoms with E-state index in [-0.39, 0.29) is 61.9 Å². The van der Waals surface area contributed by atoms with E-state index in [1.807, 2.05) is 44.2 Å². The number of nitrogens with zero attached hydrogens (tertiary/aromatic N) is 6. The minimum atomic E-state index is -5.62. The Morgan fingerprint density at radius 1 is 0.558 bits per heavy atom. The molecule has 2 N–H and O–H groups in total. The molecule has 0 radical (unpaired) electrons. The van der Waals surface area contributed by atoms with Crippen molar-refractivity contribution < 1.29 is 62.6 Å². The van der Waals surface area contributed by atoms with Crippen molar-refractivity contribution in [2.45, 2.75) is 149 Å². The van der Waals surface area contributed by atoms with Gasteiger partial charge in [0.25, 0.3) is 0 Å². The molecule has 0 amide bonds. The third-order valence-electron chi connectivity index (χ3n) is 16.6. The molecule has 14 nitrogen and oxygen atoms in total. The third kappa shape index (κ3) is 15.8. The van der Waals surface area contributed by atoms with Crippen LogP contribution in [0.25, 0.3) is 89.7 Å². The number of sulfone groups is 1. The van der Waals surface area contributed by atoms with E-state index in [9.17, 15) is 45.0 Å². The van der Waals surface area contributed by atoms with Crippen LogP contribution in [0.15, 0.2) is 156 Å². The van der Waals surface area contributed by atoms with E-state index in [0.717, 1.165) is 106 Å². The number of nitriles is 2. The van der Waals surface area contributed by atoms with E-state index in [0.29, 0.717) is 39.2 Å². The summed E-state index contributed by atoms with van der Waals surface area (Å²) in [6.07, 6.45) is -0.547. The van der Waals surface area contributed by atoms with E-state index in [1.54, 1.807) is 62.4 Å². The highest BCUT2D eigenvalue weighted by molar-refractivity contribution is 7.92. The summed E-state index contributed by atoms with van der Waals surface area (Å²) >= 11 is 0. The molecule has 10 aromatic rings. The lowest BCUT2D eigenvalue weighted by molar-refractivity contribution is -0.316. The van der Waals surface area contributed by atoms with Crippen molar-refractivity contribution in [1.29, 1.82) is 10.5 Å². The summed E-state index contributed by atoms with van der Waals surface area (Å²) in [5.74, 6) is -0.691. The van der Waals surface area contributed by atoms with Crippen LogP contribution in [0.1, 0.15) is 126 Å². The zero-order valence-corrected chi connectivity index (χ0v) is 55.9. The number of aromatic nitrogens is 2. The molecule has 0 spiro atoms. The van der Waals surface area contributed by atoms with Gasteiger partial charge in [0.2, 0.25) is 11.8 Å². The predicted molar refractivity (Wildman–Crippen MR) is 362 cm³/mol. The number of phenolic OH excluding ortho intramolecular Hbond substituents is 2. The molecular weight excluding hydrogens is 1250 g/mol. The van der Waals surface area contributed by atoms with Gasteiger partial charge in [-0.05, 0) is 160 Å². The van der Waals surface area contributed by atoms with Crippen molar-refractivity contribution in [3.8, 4) is 69.2 Å². The van der Waals surface area contributed by atoms with Gasteiger partial charge in [0.15, 0.2) is 37.8 Å². The molecule has 0 atom stereocenters. The van der Waals surface area contributed by atoms with Crippen LogP contribution in [0.5, 0.6) is 11.5 Å². The molecule has 0 fully saturated rings. The van der Waals surface area contributed by atoms with Crippen LogP contribution in [-0.2, 0) is 15.3 Å². The van der Waals surface area contributed by atoms with Gasteiger partial charge in [-0.25, -0.2) is 18.4 Å². The lowest BCUT2D eigenvalue weighted by Gasteiger charge is -2.40. The van der Waals surface area contributed by atoms with Gasteiger partial charge >= 0.3 is 12.4 Å². The normalized spacial score (nSPS) is 12.1. The zero-order chi connectivity index (χ0) is 69.2. The molecule has 21 heteroatoms. The van der Waals surface area contributed by atoms with E-state index in [2.05, 4.69) is 71.7 Å². The highest BCUT2D eigenvalue weighted by Crippen LogP contribution is 2.57. The molecule has 0 saturated heterocycles. The second-order valence-corrected chi connectivity index (χ2v) is 26.9. The van der Waals surface area contributed by atoms with Crippen LogP contribution in [0.3, 0.4) is 0 Å². The number of halogens is 6. The van der Waals surface area contributed by atoms with Crippen molar-refractivity contribution in [2.24, 2.45) is 11.8 Å². The van der Waals surface area contributed by atoms with E-state index in [1.165, 1.54) is 49.6 Å². The summed E-state index contributed by atoms with van der Waals surface area (Å²) in [5, 5.41) is 39.2. The average Bonchev–Trinajstić information content (AvgIpc) is 1.10. The number of rotatable bonds is 23. The zero-order valence-electron chi connectivity index (χ0n) is 55.0. The van der Waals surface area contributed by atoms with Crippen molar-refractivity contribution in [2.75, 3.05) is 36.0 Å². The van der Waals surface area contributed by atoms with Gasteiger partial charge < -0.3 is 37.7 Å². The van der Waals surface area contributed by atoms with E-state index in [4.69, 9.17) is 28.2 Å². The highest BCUT2D eigenvalue weighted by Gasteiger charge is 2.73. The number of benzene rings is 6. The monoisotopic (exact) mass is 1330 g/mol. The van der Waals surface area contributed by atoms with Gasteiger partial charge in [-0.15, -0.1) is 0 Å². The van der Waals surface area contributed by atoms with Gasteiger partial charge in [0.1, 0.15) is 51.6 Å². The fraction of sp³-hybridized carbons (Fsp3) is 0.378. The molecule has 95 heavy (non-hydrogen) atoms. The average molecular weight is 1330 g/mol. The number of hydrogen-bond donors (Lipinski definition) is 2. The molecule has 6 aromatic carbocycles. The Labute approximate surface area is 550 Å². The molecule has 0 aliphatic heterocycles. The smallest absolute Gasteiger partial charge is 0.407 e. The van der Waals surface area contributed by atoms with Crippen molar-refractivity contribution in [1.82, 2.24) is 9.97 Å². The fourth-order valence-corrected chi connectivity index (χ4v) is 12.3. The molecular formula is C74H80F6N6O8S. The van der Waals surface area contributed by atoms with E-state index < -0.39 is 44.3 Å². The van der Waals surface area contributed by atoms with Crippen molar-refractivity contribution in [3.05, 3.63) is 139 Å². The van der Waals surface area contributed by atoms with Crippen LogP contribution in [0.2, 0.25) is 0 Å². The maximum atomic E-state index is 14.1. The number of furan rings is 2. The summed E-state index contributed by atoms with van der Waals surface area (Å²) < 4.78 is 134. The number of anilines is 2. The molecule has 0 saturated carbocycles. The van der Waals surface area contributed by atoms with Crippen LogP contribution >= 0.6 is 0 Å². The molecule has 10 rings (SSSR count). The standard InChI is InChI=1S/C35H36F6N2O3.C32H36N2O5S.C7H8N2/c1-5-7-17-43(18-8-6-2)25-13-9-22(10-14-25)29-19-23-11-15-26(30(44)31(23)45-29)32-42-27-20-24(12-16-28(27)46-32)33(21(3)4,34(36,37)38)35(39,40)41;1-5-7-15-34(16-8-6-2)24-11-9-22(10-12-24)30-18-23-17-26(28(35)20-31(23)38-30)32-33-27-19-25(13-14-29(27)39-32)40(36,37)21(3)4;1-6(2)3-7(4-8)5-9/h9-16,19-21,44H,5-8,17-18H2,1-4H3;9-14,17-21,35H,5-8,15-16H2,1-4H3;3,6H,1-2H3. The number of hydrogen-bond acceptors (Lipinski definition) is 14. The summed E-state index contributed by atoms with van der Waals surface area (Å²) in [4.78, 5) is 13.7. The van der Waals surface area contributed by atoms with Gasteiger partial charge in [-0.2, -0.15) is 36.9 Å².